The van der Waals surface area contributed by atoms with Gasteiger partial charge in [0, 0.05) is 39.1 Å². The summed E-state index contributed by atoms with van der Waals surface area (Å²) < 4.78 is 15.9. The maximum atomic E-state index is 8.75. The van der Waals surface area contributed by atoms with E-state index in [1.807, 2.05) is 0 Å². The van der Waals surface area contributed by atoms with E-state index in [-0.39, 0.29) is 19.8 Å². The van der Waals surface area contributed by atoms with Crippen LogP contribution in [0.15, 0.2) is 0 Å². The topological polar surface area (TPSA) is 88.4 Å². The minimum Gasteiger partial charge on any atom is -0.396 e. The maximum Gasteiger partial charge on any atom is 0.166 e. The van der Waals surface area contributed by atoms with Crippen molar-refractivity contribution in [3.05, 3.63) is 0 Å². The van der Waals surface area contributed by atoms with Gasteiger partial charge in [-0.2, -0.15) is 0 Å². The Morgan fingerprint density at radius 3 is 1.07 bits per heavy atom. The molecule has 0 atom stereocenters. The first-order valence-corrected chi connectivity index (χ1v) is 5.09. The summed E-state index contributed by atoms with van der Waals surface area (Å²) in [6, 6.07) is 0. The second-order valence-corrected chi connectivity index (χ2v) is 3.23. The van der Waals surface area contributed by atoms with E-state index in [2.05, 4.69) is 0 Å². The number of aliphatic hydroxyl groups is 3. The van der Waals surface area contributed by atoms with E-state index >= 15 is 0 Å². The van der Waals surface area contributed by atoms with Crippen molar-refractivity contribution in [1.29, 1.82) is 0 Å². The molecule has 0 aromatic rings. The summed E-state index contributed by atoms with van der Waals surface area (Å²) in [5.41, 5.74) is 0. The highest BCUT2D eigenvalue weighted by molar-refractivity contribution is 4.58. The van der Waals surface area contributed by atoms with Crippen molar-refractivity contribution >= 4 is 0 Å². The van der Waals surface area contributed by atoms with Crippen molar-refractivity contribution in [3.8, 4) is 0 Å². The molecule has 1 aliphatic heterocycles. The van der Waals surface area contributed by atoms with Crippen LogP contribution in [0.5, 0.6) is 0 Å². The van der Waals surface area contributed by atoms with E-state index in [1.54, 1.807) is 0 Å². The maximum absolute atomic E-state index is 8.75. The van der Waals surface area contributed by atoms with Crippen LogP contribution in [0.2, 0.25) is 0 Å². The van der Waals surface area contributed by atoms with Crippen LogP contribution in [-0.2, 0) is 14.2 Å². The largest absolute Gasteiger partial charge is 0.396 e. The van der Waals surface area contributed by atoms with E-state index in [0.717, 1.165) is 0 Å². The van der Waals surface area contributed by atoms with Crippen LogP contribution in [0.25, 0.3) is 0 Å². The molecule has 0 aromatic heterocycles. The van der Waals surface area contributed by atoms with Gasteiger partial charge in [-0.05, 0) is 0 Å². The van der Waals surface area contributed by atoms with E-state index in [4.69, 9.17) is 29.5 Å². The molecule has 0 saturated carbocycles. The van der Waals surface area contributed by atoms with Gasteiger partial charge in [-0.15, -0.1) is 0 Å². The fourth-order valence-electron chi connectivity index (χ4n) is 1.33. The molecule has 90 valence electrons. The summed E-state index contributed by atoms with van der Waals surface area (Å²) in [5.74, 6) is 0. The fourth-order valence-corrected chi connectivity index (χ4v) is 1.33. The molecule has 1 heterocycles. The smallest absolute Gasteiger partial charge is 0.166 e. The molecule has 0 spiro atoms. The van der Waals surface area contributed by atoms with Gasteiger partial charge in [-0.25, -0.2) is 0 Å². The molecule has 1 rings (SSSR count). The molecule has 0 unspecified atom stereocenters. The van der Waals surface area contributed by atoms with Crippen molar-refractivity contribution in [2.75, 3.05) is 19.8 Å². The van der Waals surface area contributed by atoms with Crippen molar-refractivity contribution in [1.82, 2.24) is 0 Å². The fraction of sp³-hybridized carbons (Fsp3) is 1.00. The summed E-state index contributed by atoms with van der Waals surface area (Å²) in [4.78, 5) is 0. The third-order valence-corrected chi connectivity index (χ3v) is 2.01. The number of ether oxygens (including phenoxy) is 3. The van der Waals surface area contributed by atoms with Gasteiger partial charge < -0.3 is 29.5 Å². The predicted molar refractivity (Wildman–Crippen MR) is 49.7 cm³/mol. The van der Waals surface area contributed by atoms with Crippen LogP contribution in [0.1, 0.15) is 19.3 Å². The lowest BCUT2D eigenvalue weighted by Crippen LogP contribution is -2.41. The molecule has 6 nitrogen and oxygen atoms in total. The van der Waals surface area contributed by atoms with Crippen LogP contribution in [0.3, 0.4) is 0 Å². The Morgan fingerprint density at radius 1 is 0.600 bits per heavy atom. The quantitative estimate of drug-likeness (QED) is 0.544. The third kappa shape index (κ3) is 4.42. The first-order valence-electron chi connectivity index (χ1n) is 5.09. The summed E-state index contributed by atoms with van der Waals surface area (Å²) >= 11 is 0. The van der Waals surface area contributed by atoms with Crippen molar-refractivity contribution in [2.45, 2.75) is 38.1 Å². The Balaban J connectivity index is 2.40. The monoisotopic (exact) mass is 222 g/mol. The van der Waals surface area contributed by atoms with Crippen molar-refractivity contribution in [3.63, 3.8) is 0 Å². The van der Waals surface area contributed by atoms with Gasteiger partial charge in [0.05, 0.1) is 0 Å². The summed E-state index contributed by atoms with van der Waals surface area (Å²) in [6.07, 6.45) is -0.529. The highest BCUT2D eigenvalue weighted by Gasteiger charge is 2.29. The van der Waals surface area contributed by atoms with E-state index < -0.39 is 18.9 Å². The summed E-state index contributed by atoms with van der Waals surface area (Å²) in [7, 11) is 0. The number of rotatable bonds is 6. The molecular formula is C9H18O6. The van der Waals surface area contributed by atoms with Gasteiger partial charge >= 0.3 is 0 Å². The van der Waals surface area contributed by atoms with Gasteiger partial charge in [0.1, 0.15) is 0 Å². The van der Waals surface area contributed by atoms with Gasteiger partial charge in [0.2, 0.25) is 0 Å². The highest BCUT2D eigenvalue weighted by Crippen LogP contribution is 2.21. The molecule has 1 aliphatic rings. The van der Waals surface area contributed by atoms with Gasteiger partial charge in [-0.3, -0.25) is 0 Å². The lowest BCUT2D eigenvalue weighted by atomic mass is 10.3. The van der Waals surface area contributed by atoms with Crippen molar-refractivity contribution < 1.29 is 29.5 Å². The number of hydrogen-bond acceptors (Lipinski definition) is 6. The zero-order valence-corrected chi connectivity index (χ0v) is 8.54. The molecule has 15 heavy (non-hydrogen) atoms. The lowest BCUT2D eigenvalue weighted by molar-refractivity contribution is -0.387. The third-order valence-electron chi connectivity index (χ3n) is 2.01. The normalized spacial score (nSPS) is 31.8. The van der Waals surface area contributed by atoms with Crippen LogP contribution in [-0.4, -0.2) is 54.0 Å². The van der Waals surface area contributed by atoms with Crippen LogP contribution in [0.4, 0.5) is 0 Å². The molecule has 0 radical (unpaired) electrons. The lowest BCUT2D eigenvalue weighted by Gasteiger charge is -2.35. The first-order chi connectivity index (χ1) is 7.30. The predicted octanol–water partition coefficient (Wildman–Crippen LogP) is -0.825. The molecule has 0 aliphatic carbocycles. The Kier molecular flexibility index (Phi) is 6.07. The average Bonchev–Trinajstić information content (AvgIpc) is 2.19. The molecule has 0 bridgehead atoms. The Labute approximate surface area is 88.4 Å². The van der Waals surface area contributed by atoms with Crippen LogP contribution in [0, 0.1) is 0 Å². The Bertz CT molecular complexity index is 130. The summed E-state index contributed by atoms with van der Waals surface area (Å²) in [5, 5.41) is 26.3. The second kappa shape index (κ2) is 7.10. The Hall–Kier alpha value is -0.240. The standard InChI is InChI=1S/C9H18O6/c10-4-1-7-13-8(2-5-11)15-9(14-7)3-6-12/h7-12H,1-6H2. The van der Waals surface area contributed by atoms with Gasteiger partial charge in [0.25, 0.3) is 0 Å². The molecule has 6 heteroatoms. The molecular weight excluding hydrogens is 204 g/mol. The molecule has 0 amide bonds. The SMILES string of the molecule is OCCC1OC(CCO)OC(CCO)O1. The van der Waals surface area contributed by atoms with Gasteiger partial charge in [-0.1, -0.05) is 0 Å². The Morgan fingerprint density at radius 2 is 0.867 bits per heavy atom. The molecule has 1 fully saturated rings. The molecule has 0 aromatic carbocycles. The average molecular weight is 222 g/mol. The molecule has 3 N–H and O–H groups in total. The van der Waals surface area contributed by atoms with Crippen molar-refractivity contribution in [2.24, 2.45) is 0 Å². The number of hydrogen-bond donors (Lipinski definition) is 3. The second-order valence-electron chi connectivity index (χ2n) is 3.23. The minimum absolute atomic E-state index is 0.0393. The highest BCUT2D eigenvalue weighted by atomic mass is 16.9. The first kappa shape index (κ1) is 12.8. The zero-order valence-electron chi connectivity index (χ0n) is 8.54. The molecule has 1 saturated heterocycles. The van der Waals surface area contributed by atoms with Crippen LogP contribution < -0.4 is 0 Å². The zero-order chi connectivity index (χ0) is 11.1. The van der Waals surface area contributed by atoms with Crippen LogP contribution >= 0.6 is 0 Å². The van der Waals surface area contributed by atoms with E-state index in [9.17, 15) is 0 Å². The van der Waals surface area contributed by atoms with E-state index in [0.29, 0.717) is 19.3 Å². The minimum atomic E-state index is -0.531. The number of aliphatic hydroxyl groups excluding tert-OH is 3. The van der Waals surface area contributed by atoms with E-state index in [1.165, 1.54) is 0 Å². The summed E-state index contributed by atoms with van der Waals surface area (Å²) in [6.45, 7) is -0.118. The van der Waals surface area contributed by atoms with Gasteiger partial charge in [0.15, 0.2) is 18.9 Å².